The summed E-state index contributed by atoms with van der Waals surface area (Å²) in [5.74, 6) is 6.71. The SMILES string of the molecule is C=CC1CC=C(c2ccc(C#Cc3ccc4c(F)c(C#CC(F)(F)F)c(F)cc4c3)cc2)CC1. The first-order chi connectivity index (χ1) is 16.2. The van der Waals surface area contributed by atoms with Crippen LogP contribution in [0.1, 0.15) is 41.5 Å². The van der Waals surface area contributed by atoms with Crippen molar-refractivity contribution in [2.24, 2.45) is 5.92 Å². The highest BCUT2D eigenvalue weighted by atomic mass is 19.4. The van der Waals surface area contributed by atoms with Gasteiger partial charge >= 0.3 is 6.18 Å². The number of fused-ring (bicyclic) bond motifs is 1. The molecule has 0 fully saturated rings. The number of benzene rings is 3. The highest BCUT2D eigenvalue weighted by Crippen LogP contribution is 2.30. The third-order valence-electron chi connectivity index (χ3n) is 5.75. The molecule has 1 atom stereocenters. The second kappa shape index (κ2) is 9.57. The Kier molecular flexibility index (Phi) is 6.57. The van der Waals surface area contributed by atoms with Crippen LogP contribution in [0.2, 0.25) is 0 Å². The van der Waals surface area contributed by atoms with Crippen molar-refractivity contribution >= 4 is 16.3 Å². The summed E-state index contributed by atoms with van der Waals surface area (Å²) < 4.78 is 65.7. The summed E-state index contributed by atoms with van der Waals surface area (Å²) >= 11 is 0. The molecule has 0 nitrogen and oxygen atoms in total. The zero-order valence-electron chi connectivity index (χ0n) is 18.1. The molecular formula is C29H19F5. The van der Waals surface area contributed by atoms with Crippen molar-refractivity contribution < 1.29 is 22.0 Å². The first-order valence-electron chi connectivity index (χ1n) is 10.7. The molecule has 0 heterocycles. The van der Waals surface area contributed by atoms with Gasteiger partial charge in [-0.2, -0.15) is 13.2 Å². The Morgan fingerprint density at radius 2 is 1.62 bits per heavy atom. The minimum absolute atomic E-state index is 0.0257. The van der Waals surface area contributed by atoms with Gasteiger partial charge < -0.3 is 0 Å². The summed E-state index contributed by atoms with van der Waals surface area (Å²) in [6, 6.07) is 13.3. The van der Waals surface area contributed by atoms with Gasteiger partial charge in [0, 0.05) is 22.4 Å². The lowest BCUT2D eigenvalue weighted by molar-refractivity contribution is -0.0696. The molecule has 4 rings (SSSR count). The summed E-state index contributed by atoms with van der Waals surface area (Å²) in [4.78, 5) is 0. The molecule has 3 aromatic rings. The van der Waals surface area contributed by atoms with Crippen LogP contribution in [0.4, 0.5) is 22.0 Å². The number of alkyl halides is 3. The van der Waals surface area contributed by atoms with Crippen molar-refractivity contribution in [3.8, 4) is 23.7 Å². The molecule has 170 valence electrons. The van der Waals surface area contributed by atoms with Crippen molar-refractivity contribution in [1.29, 1.82) is 0 Å². The molecule has 34 heavy (non-hydrogen) atoms. The second-order valence-corrected chi connectivity index (χ2v) is 8.06. The monoisotopic (exact) mass is 462 g/mol. The zero-order chi connectivity index (χ0) is 24.3. The fourth-order valence-electron chi connectivity index (χ4n) is 3.90. The predicted molar refractivity (Wildman–Crippen MR) is 125 cm³/mol. The molecule has 0 saturated carbocycles. The van der Waals surface area contributed by atoms with Gasteiger partial charge in [-0.05, 0) is 72.0 Å². The van der Waals surface area contributed by atoms with E-state index in [9.17, 15) is 22.0 Å². The maximum atomic E-state index is 14.6. The van der Waals surface area contributed by atoms with Crippen molar-refractivity contribution in [3.63, 3.8) is 0 Å². The van der Waals surface area contributed by atoms with Crippen LogP contribution in [0.3, 0.4) is 0 Å². The van der Waals surface area contributed by atoms with E-state index in [1.54, 1.807) is 5.92 Å². The van der Waals surface area contributed by atoms with Gasteiger partial charge in [-0.3, -0.25) is 0 Å². The van der Waals surface area contributed by atoms with Gasteiger partial charge in [0.05, 0.1) is 5.56 Å². The van der Waals surface area contributed by atoms with Gasteiger partial charge in [-0.15, -0.1) is 6.58 Å². The number of hydrogen-bond donors (Lipinski definition) is 0. The molecule has 0 amide bonds. The Morgan fingerprint density at radius 1 is 0.912 bits per heavy atom. The molecule has 0 aliphatic heterocycles. The van der Waals surface area contributed by atoms with Crippen LogP contribution in [0, 0.1) is 41.2 Å². The minimum Gasteiger partial charge on any atom is -0.205 e. The number of allylic oxidation sites excluding steroid dienone is 3. The summed E-state index contributed by atoms with van der Waals surface area (Å²) in [6.07, 6.45) is 2.52. The topological polar surface area (TPSA) is 0 Å². The fourth-order valence-corrected chi connectivity index (χ4v) is 3.90. The highest BCUT2D eigenvalue weighted by molar-refractivity contribution is 5.86. The Hall–Kier alpha value is -3.83. The van der Waals surface area contributed by atoms with Crippen molar-refractivity contribution in [1.82, 2.24) is 0 Å². The lowest BCUT2D eigenvalue weighted by Gasteiger charge is -2.19. The van der Waals surface area contributed by atoms with E-state index in [1.807, 2.05) is 30.3 Å². The highest BCUT2D eigenvalue weighted by Gasteiger charge is 2.24. The normalized spacial score (nSPS) is 15.6. The first-order valence-corrected chi connectivity index (χ1v) is 10.7. The van der Waals surface area contributed by atoms with E-state index in [1.165, 1.54) is 23.8 Å². The van der Waals surface area contributed by atoms with Crippen LogP contribution in [0.5, 0.6) is 0 Å². The van der Waals surface area contributed by atoms with Gasteiger partial charge in [0.15, 0.2) is 0 Å². The third-order valence-corrected chi connectivity index (χ3v) is 5.75. The Balaban J connectivity index is 1.57. The minimum atomic E-state index is -4.84. The molecule has 5 heteroatoms. The van der Waals surface area contributed by atoms with Gasteiger partial charge in [0.2, 0.25) is 0 Å². The van der Waals surface area contributed by atoms with E-state index in [-0.39, 0.29) is 10.8 Å². The third kappa shape index (κ3) is 5.38. The summed E-state index contributed by atoms with van der Waals surface area (Å²) in [5, 5.41) is 0.166. The molecule has 0 saturated heterocycles. The molecule has 0 radical (unpaired) electrons. The van der Waals surface area contributed by atoms with E-state index in [0.29, 0.717) is 11.5 Å². The lowest BCUT2D eigenvalue weighted by atomic mass is 9.86. The van der Waals surface area contributed by atoms with Crippen LogP contribution < -0.4 is 0 Å². The van der Waals surface area contributed by atoms with Crippen LogP contribution in [0.15, 0.2) is 67.3 Å². The summed E-state index contributed by atoms with van der Waals surface area (Å²) in [7, 11) is 0. The first kappa shape index (κ1) is 23.3. The number of halogens is 5. The largest absolute Gasteiger partial charge is 0.458 e. The van der Waals surface area contributed by atoms with Crippen molar-refractivity contribution in [2.75, 3.05) is 0 Å². The lowest BCUT2D eigenvalue weighted by Crippen LogP contribution is -2.02. The average Bonchev–Trinajstić information content (AvgIpc) is 2.82. The van der Waals surface area contributed by atoms with Gasteiger partial charge in [-0.1, -0.05) is 48.1 Å². The van der Waals surface area contributed by atoms with E-state index in [4.69, 9.17) is 0 Å². The molecule has 1 aliphatic rings. The fraction of sp³-hybridized carbons (Fsp3) is 0.172. The molecule has 1 aliphatic carbocycles. The molecule has 0 aromatic heterocycles. The molecule has 0 bridgehead atoms. The molecule has 1 unspecified atom stereocenters. The Morgan fingerprint density at radius 3 is 2.26 bits per heavy atom. The standard InChI is InChI=1S/C29H19F5/c1-2-19-5-10-22(11-6-19)23-12-7-20(8-13-23)3-4-21-9-14-25-24(17-21)18-27(30)26(28(25)31)15-16-29(32,33)34/h2,7-10,12-14,17-19H,1,5-6,11H2. The van der Waals surface area contributed by atoms with E-state index in [0.717, 1.165) is 42.4 Å². The van der Waals surface area contributed by atoms with E-state index >= 15 is 0 Å². The van der Waals surface area contributed by atoms with Crippen LogP contribution in [0.25, 0.3) is 16.3 Å². The maximum absolute atomic E-state index is 14.6. The van der Waals surface area contributed by atoms with Crippen LogP contribution in [-0.4, -0.2) is 6.18 Å². The van der Waals surface area contributed by atoms with E-state index in [2.05, 4.69) is 24.5 Å². The predicted octanol–water partition coefficient (Wildman–Crippen LogP) is 7.80. The van der Waals surface area contributed by atoms with Crippen molar-refractivity contribution in [3.05, 3.63) is 101 Å². The van der Waals surface area contributed by atoms with Gasteiger partial charge in [0.25, 0.3) is 0 Å². The molecule has 0 N–H and O–H groups in total. The summed E-state index contributed by atoms with van der Waals surface area (Å²) in [6.45, 7) is 3.86. The van der Waals surface area contributed by atoms with Crippen LogP contribution in [-0.2, 0) is 0 Å². The quantitative estimate of drug-likeness (QED) is 0.207. The number of hydrogen-bond acceptors (Lipinski definition) is 0. The Labute approximate surface area is 194 Å². The smallest absolute Gasteiger partial charge is 0.205 e. The van der Waals surface area contributed by atoms with Gasteiger partial charge in [0.1, 0.15) is 11.6 Å². The maximum Gasteiger partial charge on any atom is 0.458 e. The zero-order valence-corrected chi connectivity index (χ0v) is 18.1. The van der Waals surface area contributed by atoms with Gasteiger partial charge in [-0.25, -0.2) is 8.78 Å². The molecule has 3 aromatic carbocycles. The second-order valence-electron chi connectivity index (χ2n) is 8.06. The molecular weight excluding hydrogens is 443 g/mol. The average molecular weight is 462 g/mol. The van der Waals surface area contributed by atoms with E-state index < -0.39 is 23.4 Å². The molecule has 0 spiro atoms. The van der Waals surface area contributed by atoms with Crippen molar-refractivity contribution in [2.45, 2.75) is 25.4 Å². The number of rotatable bonds is 2. The Bertz CT molecular complexity index is 1400. The summed E-state index contributed by atoms with van der Waals surface area (Å²) in [5.41, 5.74) is 2.88. The van der Waals surface area contributed by atoms with Crippen LogP contribution >= 0.6 is 0 Å².